The Bertz CT molecular complexity index is 641. The van der Waals surface area contributed by atoms with Gasteiger partial charge in [-0.1, -0.05) is 24.3 Å². The van der Waals surface area contributed by atoms with E-state index in [9.17, 15) is 4.79 Å². The lowest BCUT2D eigenvalue weighted by Crippen LogP contribution is -2.32. The lowest BCUT2D eigenvalue weighted by Gasteiger charge is -2.06. The van der Waals surface area contributed by atoms with Crippen molar-refractivity contribution in [1.29, 1.82) is 0 Å². The molecule has 1 heterocycles. The predicted octanol–water partition coefficient (Wildman–Crippen LogP) is 2.04. The van der Waals surface area contributed by atoms with Crippen LogP contribution in [0.15, 0.2) is 24.3 Å². The summed E-state index contributed by atoms with van der Waals surface area (Å²) in [5.74, 6) is -0.185. The van der Waals surface area contributed by atoms with E-state index in [0.29, 0.717) is 12.2 Å². The molecule has 0 bridgehead atoms. The molecule has 1 aromatic carbocycles. The zero-order valence-corrected chi connectivity index (χ0v) is 14.6. The van der Waals surface area contributed by atoms with E-state index in [2.05, 4.69) is 27.9 Å². The van der Waals surface area contributed by atoms with Crippen LogP contribution in [-0.2, 0) is 0 Å². The van der Waals surface area contributed by atoms with Crippen LogP contribution in [0.4, 0.5) is 0 Å². The van der Waals surface area contributed by atoms with Crippen molar-refractivity contribution in [2.45, 2.75) is 27.2 Å². The van der Waals surface area contributed by atoms with Crippen LogP contribution in [0.5, 0.6) is 0 Å². The summed E-state index contributed by atoms with van der Waals surface area (Å²) >= 11 is 0. The van der Waals surface area contributed by atoms with Crippen LogP contribution < -0.4 is 10.6 Å². The Labute approximate surface area is 143 Å². The molecule has 0 radical (unpaired) electrons. The zero-order valence-electron chi connectivity index (χ0n) is 13.8. The minimum absolute atomic E-state index is 0. The highest BCUT2D eigenvalue weighted by molar-refractivity contribution is 5.93. The summed E-state index contributed by atoms with van der Waals surface area (Å²) in [5.41, 5.74) is 3.16. The molecule has 0 fully saturated rings. The minimum Gasteiger partial charge on any atom is -0.349 e. The van der Waals surface area contributed by atoms with Gasteiger partial charge in [-0.2, -0.15) is 0 Å². The molecule has 0 aliphatic rings. The third kappa shape index (κ3) is 5.04. The first-order valence-electron chi connectivity index (χ1n) is 7.61. The van der Waals surface area contributed by atoms with E-state index in [1.165, 1.54) is 0 Å². The van der Waals surface area contributed by atoms with Gasteiger partial charge in [-0.05, 0) is 44.5 Å². The number of hydrogen-bond acceptors (Lipinski definition) is 4. The molecule has 0 aliphatic carbocycles. The fraction of sp³-hybridized carbons (Fsp3) is 0.438. The van der Waals surface area contributed by atoms with E-state index in [0.717, 1.165) is 36.5 Å². The highest BCUT2D eigenvalue weighted by Gasteiger charge is 2.16. The van der Waals surface area contributed by atoms with Gasteiger partial charge < -0.3 is 10.6 Å². The van der Waals surface area contributed by atoms with Crippen LogP contribution in [0.25, 0.3) is 5.69 Å². The van der Waals surface area contributed by atoms with E-state index in [1.807, 2.05) is 38.1 Å². The molecule has 2 rings (SSSR count). The average Bonchev–Trinajstić information content (AvgIpc) is 2.88. The van der Waals surface area contributed by atoms with Crippen LogP contribution in [0.2, 0.25) is 0 Å². The van der Waals surface area contributed by atoms with Gasteiger partial charge in [0.15, 0.2) is 5.69 Å². The first-order chi connectivity index (χ1) is 10.6. The molecule has 0 atom stereocenters. The fourth-order valence-corrected chi connectivity index (χ4v) is 2.19. The minimum atomic E-state index is -0.185. The number of hydrogen-bond donors (Lipinski definition) is 2. The first kappa shape index (κ1) is 19.1. The van der Waals surface area contributed by atoms with Crippen LogP contribution in [-0.4, -0.2) is 40.5 Å². The summed E-state index contributed by atoms with van der Waals surface area (Å²) in [4.78, 5) is 12.2. The Morgan fingerprint density at radius 1 is 1.22 bits per heavy atom. The Morgan fingerprint density at radius 3 is 2.70 bits per heavy atom. The van der Waals surface area contributed by atoms with Gasteiger partial charge in [0.05, 0.1) is 11.4 Å². The average molecular weight is 338 g/mol. The molecular formula is C16H24ClN5O. The molecule has 126 valence electrons. The second-order valence-corrected chi connectivity index (χ2v) is 5.28. The molecule has 0 saturated heterocycles. The molecule has 2 aromatic rings. The number of carbonyl (C=O) groups excluding carboxylic acids is 1. The van der Waals surface area contributed by atoms with Crippen molar-refractivity contribution in [2.75, 3.05) is 19.6 Å². The molecule has 2 N–H and O–H groups in total. The van der Waals surface area contributed by atoms with Crippen molar-refractivity contribution in [1.82, 2.24) is 25.6 Å². The van der Waals surface area contributed by atoms with Gasteiger partial charge in [0, 0.05) is 13.1 Å². The topological polar surface area (TPSA) is 71.8 Å². The molecule has 23 heavy (non-hydrogen) atoms. The summed E-state index contributed by atoms with van der Waals surface area (Å²) in [6.07, 6.45) is 1.08. The normalized spacial score (nSPS) is 10.2. The Kier molecular flexibility index (Phi) is 7.71. The van der Waals surface area contributed by atoms with Gasteiger partial charge in [-0.15, -0.1) is 17.5 Å². The fourth-order valence-electron chi connectivity index (χ4n) is 2.19. The quantitative estimate of drug-likeness (QED) is 0.758. The zero-order chi connectivity index (χ0) is 15.9. The Hall–Kier alpha value is -1.92. The van der Waals surface area contributed by atoms with Gasteiger partial charge in [-0.25, -0.2) is 4.68 Å². The molecule has 1 amide bonds. The van der Waals surface area contributed by atoms with Crippen molar-refractivity contribution in [3.8, 4) is 5.69 Å². The van der Waals surface area contributed by atoms with E-state index in [4.69, 9.17) is 0 Å². The second-order valence-electron chi connectivity index (χ2n) is 5.28. The van der Waals surface area contributed by atoms with Crippen molar-refractivity contribution in [3.05, 3.63) is 41.2 Å². The number of carbonyl (C=O) groups is 1. The van der Waals surface area contributed by atoms with Gasteiger partial charge in [-0.3, -0.25) is 4.79 Å². The molecule has 1 aromatic heterocycles. The van der Waals surface area contributed by atoms with Crippen molar-refractivity contribution >= 4 is 18.3 Å². The summed E-state index contributed by atoms with van der Waals surface area (Å²) in [6.45, 7) is 8.27. The monoisotopic (exact) mass is 337 g/mol. The number of halogens is 1. The summed E-state index contributed by atoms with van der Waals surface area (Å²) in [5, 5.41) is 14.2. The van der Waals surface area contributed by atoms with Crippen LogP contribution in [0.3, 0.4) is 0 Å². The molecule has 7 heteroatoms. The lowest BCUT2D eigenvalue weighted by molar-refractivity contribution is 0.0948. The number of nitrogens with one attached hydrogen (secondary N) is 2. The molecule has 0 aliphatic heterocycles. The highest BCUT2D eigenvalue weighted by atomic mass is 35.5. The second kappa shape index (κ2) is 9.27. The van der Waals surface area contributed by atoms with Crippen molar-refractivity contribution in [2.24, 2.45) is 0 Å². The van der Waals surface area contributed by atoms with Gasteiger partial charge in [0.1, 0.15) is 0 Å². The highest BCUT2D eigenvalue weighted by Crippen LogP contribution is 2.13. The van der Waals surface area contributed by atoms with E-state index >= 15 is 0 Å². The van der Waals surface area contributed by atoms with Gasteiger partial charge in [0.2, 0.25) is 0 Å². The maximum Gasteiger partial charge on any atom is 0.273 e. The number of benzene rings is 1. The SMILES string of the molecule is CCCNCCNC(=O)c1nnn(-c2cccc(C)c2)c1C.Cl. The third-order valence-corrected chi connectivity index (χ3v) is 3.37. The molecule has 6 nitrogen and oxygen atoms in total. The van der Waals surface area contributed by atoms with E-state index < -0.39 is 0 Å². The summed E-state index contributed by atoms with van der Waals surface area (Å²) in [6, 6.07) is 7.95. The van der Waals surface area contributed by atoms with Crippen molar-refractivity contribution in [3.63, 3.8) is 0 Å². The summed E-state index contributed by atoms with van der Waals surface area (Å²) in [7, 11) is 0. The van der Waals surface area contributed by atoms with Crippen LogP contribution in [0.1, 0.15) is 35.1 Å². The molecule has 0 spiro atoms. The number of aromatic nitrogens is 3. The number of amides is 1. The standard InChI is InChI=1S/C16H23N5O.ClH/c1-4-8-17-9-10-18-16(22)15-13(3)21(20-19-15)14-7-5-6-12(2)11-14;/h5-7,11,17H,4,8-10H2,1-3H3,(H,18,22);1H. The lowest BCUT2D eigenvalue weighted by atomic mass is 10.2. The van der Waals surface area contributed by atoms with Gasteiger partial charge >= 0.3 is 0 Å². The van der Waals surface area contributed by atoms with Crippen LogP contribution in [0, 0.1) is 13.8 Å². The maximum atomic E-state index is 12.2. The Morgan fingerprint density at radius 2 is 2.00 bits per heavy atom. The van der Waals surface area contributed by atoms with Crippen molar-refractivity contribution < 1.29 is 4.79 Å². The smallest absolute Gasteiger partial charge is 0.273 e. The first-order valence-corrected chi connectivity index (χ1v) is 7.61. The number of aryl methyl sites for hydroxylation is 1. The van der Waals surface area contributed by atoms with Gasteiger partial charge in [0.25, 0.3) is 5.91 Å². The number of nitrogens with zero attached hydrogens (tertiary/aromatic N) is 3. The molecule has 0 unspecified atom stereocenters. The third-order valence-electron chi connectivity index (χ3n) is 3.37. The number of rotatable bonds is 7. The Balaban J connectivity index is 0.00000264. The van der Waals surface area contributed by atoms with E-state index in [1.54, 1.807) is 4.68 Å². The molecule has 0 saturated carbocycles. The van der Waals surface area contributed by atoms with Crippen LogP contribution >= 0.6 is 12.4 Å². The summed E-state index contributed by atoms with van der Waals surface area (Å²) < 4.78 is 1.69. The molecular weight excluding hydrogens is 314 g/mol. The van der Waals surface area contributed by atoms with E-state index in [-0.39, 0.29) is 18.3 Å². The maximum absolute atomic E-state index is 12.2. The largest absolute Gasteiger partial charge is 0.349 e. The predicted molar refractivity (Wildman–Crippen MR) is 93.6 cm³/mol.